The number of nitrogens with zero attached hydrogens (tertiary/aromatic N) is 1. The highest BCUT2D eigenvalue weighted by atomic mass is 35.5. The van der Waals surface area contributed by atoms with E-state index >= 15 is 0 Å². The second-order valence-corrected chi connectivity index (χ2v) is 4.82. The summed E-state index contributed by atoms with van der Waals surface area (Å²) >= 11 is 6.03. The third kappa shape index (κ3) is 3.59. The maximum Gasteiger partial charge on any atom is 0.159 e. The molecule has 2 aromatic carbocycles. The summed E-state index contributed by atoms with van der Waals surface area (Å²) in [6.07, 6.45) is 0. The van der Waals surface area contributed by atoms with Crippen molar-refractivity contribution < 1.29 is 13.9 Å². The minimum absolute atomic E-state index is 0.0332. The molecule has 0 fully saturated rings. The van der Waals surface area contributed by atoms with Gasteiger partial charge in [-0.1, -0.05) is 17.7 Å². The molecule has 0 unspecified atom stereocenters. The maximum absolute atomic E-state index is 13.2. The Labute approximate surface area is 126 Å². The summed E-state index contributed by atoms with van der Waals surface area (Å²) < 4.78 is 18.7. The van der Waals surface area contributed by atoms with Crippen LogP contribution in [0, 0.1) is 17.1 Å². The summed E-state index contributed by atoms with van der Waals surface area (Å²) in [5, 5.41) is 9.10. The first-order valence-corrected chi connectivity index (χ1v) is 6.51. The van der Waals surface area contributed by atoms with Gasteiger partial charge in [0.2, 0.25) is 0 Å². The summed E-state index contributed by atoms with van der Waals surface area (Å²) in [6.45, 7) is 1.60. The molecule has 106 valence electrons. The molecule has 3 nitrogen and oxygen atoms in total. The van der Waals surface area contributed by atoms with E-state index in [4.69, 9.17) is 21.6 Å². The lowest BCUT2D eigenvalue weighted by Gasteiger charge is -2.09. The van der Waals surface area contributed by atoms with Crippen molar-refractivity contribution in [2.45, 2.75) is 13.5 Å². The fourth-order valence-corrected chi connectivity index (χ4v) is 1.98. The zero-order valence-corrected chi connectivity index (χ0v) is 11.9. The van der Waals surface area contributed by atoms with Crippen molar-refractivity contribution in [2.75, 3.05) is 0 Å². The lowest BCUT2D eigenvalue weighted by Crippen LogP contribution is -1.99. The van der Waals surface area contributed by atoms with Crippen molar-refractivity contribution in [1.29, 1.82) is 5.26 Å². The predicted molar refractivity (Wildman–Crippen MR) is 76.9 cm³/mol. The van der Waals surface area contributed by atoms with Crippen molar-refractivity contribution in [3.05, 3.63) is 63.9 Å². The minimum Gasteiger partial charge on any atom is -0.487 e. The van der Waals surface area contributed by atoms with Crippen LogP contribution in [0.25, 0.3) is 0 Å². The first-order valence-electron chi connectivity index (χ1n) is 6.13. The SMILES string of the molecule is CC(=O)c1ccc(OCc2ccc(F)c(C#N)c2)c(Cl)c1. The summed E-state index contributed by atoms with van der Waals surface area (Å²) in [5.74, 6) is -0.227. The zero-order valence-electron chi connectivity index (χ0n) is 11.2. The van der Waals surface area contributed by atoms with Crippen molar-refractivity contribution >= 4 is 17.4 Å². The second kappa shape index (κ2) is 6.38. The van der Waals surface area contributed by atoms with Crippen LogP contribution in [-0.4, -0.2) is 5.78 Å². The Kier molecular flexibility index (Phi) is 4.56. The van der Waals surface area contributed by atoms with Gasteiger partial charge in [0.05, 0.1) is 10.6 Å². The number of Topliss-reactive ketones (excluding diaryl/α,β-unsaturated/α-hetero) is 1. The Morgan fingerprint density at radius 3 is 2.71 bits per heavy atom. The Morgan fingerprint density at radius 1 is 1.33 bits per heavy atom. The summed E-state index contributed by atoms with van der Waals surface area (Å²) in [4.78, 5) is 11.2. The van der Waals surface area contributed by atoms with Gasteiger partial charge in [0, 0.05) is 5.56 Å². The van der Waals surface area contributed by atoms with Gasteiger partial charge in [-0.25, -0.2) is 4.39 Å². The third-order valence-electron chi connectivity index (χ3n) is 2.88. The standard InChI is InChI=1S/C16H11ClFNO2/c1-10(20)12-3-5-16(14(17)7-12)21-9-11-2-4-15(18)13(6-11)8-19/h2-7H,9H2,1H3. The number of hydrogen-bond acceptors (Lipinski definition) is 3. The van der Waals surface area contributed by atoms with E-state index in [1.165, 1.54) is 31.2 Å². The number of benzene rings is 2. The van der Waals surface area contributed by atoms with Gasteiger partial charge in [-0.2, -0.15) is 5.26 Å². The molecule has 0 radical (unpaired) electrons. The molecule has 0 spiro atoms. The Balaban J connectivity index is 2.13. The topological polar surface area (TPSA) is 50.1 Å². The Hall–Kier alpha value is -2.38. The fraction of sp³-hybridized carbons (Fsp3) is 0.125. The highest BCUT2D eigenvalue weighted by Crippen LogP contribution is 2.26. The fourth-order valence-electron chi connectivity index (χ4n) is 1.75. The third-order valence-corrected chi connectivity index (χ3v) is 3.18. The molecule has 2 aromatic rings. The smallest absolute Gasteiger partial charge is 0.159 e. The lowest BCUT2D eigenvalue weighted by molar-refractivity contribution is 0.101. The number of rotatable bonds is 4. The summed E-state index contributed by atoms with van der Waals surface area (Å²) in [6, 6.07) is 10.7. The number of hydrogen-bond donors (Lipinski definition) is 0. The number of nitriles is 1. The quantitative estimate of drug-likeness (QED) is 0.798. The van der Waals surface area contributed by atoms with E-state index in [-0.39, 0.29) is 18.0 Å². The average molecular weight is 304 g/mol. The summed E-state index contributed by atoms with van der Waals surface area (Å²) in [7, 11) is 0. The highest BCUT2D eigenvalue weighted by molar-refractivity contribution is 6.32. The molecular formula is C16H11ClFNO2. The van der Waals surface area contributed by atoms with Gasteiger partial charge in [0.1, 0.15) is 24.2 Å². The van der Waals surface area contributed by atoms with Gasteiger partial charge < -0.3 is 4.74 Å². The van der Waals surface area contributed by atoms with Crippen molar-refractivity contribution in [1.82, 2.24) is 0 Å². The molecule has 5 heteroatoms. The van der Waals surface area contributed by atoms with Crippen LogP contribution in [0.4, 0.5) is 4.39 Å². The molecule has 0 amide bonds. The van der Waals surface area contributed by atoms with Crippen LogP contribution in [0.1, 0.15) is 28.4 Å². The molecule has 0 N–H and O–H groups in total. The van der Waals surface area contributed by atoms with Crippen molar-refractivity contribution in [3.63, 3.8) is 0 Å². The normalized spacial score (nSPS) is 10.0. The Morgan fingerprint density at radius 2 is 2.10 bits per heavy atom. The molecule has 2 rings (SSSR count). The molecule has 0 atom stereocenters. The van der Waals surface area contributed by atoms with Gasteiger partial charge in [0.15, 0.2) is 5.78 Å². The molecule has 0 aliphatic carbocycles. The average Bonchev–Trinajstić information content (AvgIpc) is 2.47. The molecule has 0 saturated heterocycles. The van der Waals surface area contributed by atoms with Crippen LogP contribution in [0.3, 0.4) is 0 Å². The monoisotopic (exact) mass is 303 g/mol. The summed E-state index contributed by atoms with van der Waals surface area (Å²) in [5.41, 5.74) is 1.12. The van der Waals surface area contributed by atoms with Crippen LogP contribution >= 0.6 is 11.6 Å². The van der Waals surface area contributed by atoms with Crippen LogP contribution in [-0.2, 0) is 6.61 Å². The second-order valence-electron chi connectivity index (χ2n) is 4.42. The molecule has 0 aliphatic heterocycles. The van der Waals surface area contributed by atoms with E-state index in [2.05, 4.69) is 0 Å². The molecule has 0 bridgehead atoms. The van der Waals surface area contributed by atoms with Gasteiger partial charge in [-0.05, 0) is 42.8 Å². The van der Waals surface area contributed by atoms with Crippen molar-refractivity contribution in [2.24, 2.45) is 0 Å². The molecule has 21 heavy (non-hydrogen) atoms. The van der Waals surface area contributed by atoms with Crippen LogP contribution < -0.4 is 4.74 Å². The van der Waals surface area contributed by atoms with E-state index < -0.39 is 5.82 Å². The Bertz CT molecular complexity index is 738. The van der Waals surface area contributed by atoms with E-state index in [0.29, 0.717) is 21.9 Å². The number of halogens is 2. The first kappa shape index (κ1) is 15.0. The molecule has 0 heterocycles. The van der Waals surface area contributed by atoms with E-state index in [9.17, 15) is 9.18 Å². The van der Waals surface area contributed by atoms with E-state index in [1.54, 1.807) is 18.2 Å². The van der Waals surface area contributed by atoms with Gasteiger partial charge in [-0.3, -0.25) is 4.79 Å². The number of carbonyl (C=O) groups excluding carboxylic acids is 1. The predicted octanol–water partition coefficient (Wildman–Crippen LogP) is 4.13. The molecule has 0 aromatic heterocycles. The van der Waals surface area contributed by atoms with Crippen LogP contribution in [0.5, 0.6) is 5.75 Å². The maximum atomic E-state index is 13.2. The van der Waals surface area contributed by atoms with Crippen LogP contribution in [0.15, 0.2) is 36.4 Å². The van der Waals surface area contributed by atoms with Gasteiger partial charge in [0.25, 0.3) is 0 Å². The number of carbonyl (C=O) groups is 1. The van der Waals surface area contributed by atoms with E-state index in [0.717, 1.165) is 0 Å². The van der Waals surface area contributed by atoms with Gasteiger partial charge >= 0.3 is 0 Å². The largest absolute Gasteiger partial charge is 0.487 e. The van der Waals surface area contributed by atoms with Gasteiger partial charge in [-0.15, -0.1) is 0 Å². The minimum atomic E-state index is -0.565. The van der Waals surface area contributed by atoms with Crippen molar-refractivity contribution in [3.8, 4) is 11.8 Å². The molecule has 0 saturated carbocycles. The molecular weight excluding hydrogens is 293 g/mol. The molecule has 0 aliphatic rings. The number of ketones is 1. The first-order chi connectivity index (χ1) is 10.0. The van der Waals surface area contributed by atoms with E-state index in [1.807, 2.05) is 0 Å². The lowest BCUT2D eigenvalue weighted by atomic mass is 10.1. The zero-order chi connectivity index (χ0) is 15.4. The number of ether oxygens (including phenoxy) is 1. The van der Waals surface area contributed by atoms with Crippen LogP contribution in [0.2, 0.25) is 5.02 Å². The highest BCUT2D eigenvalue weighted by Gasteiger charge is 2.07.